The normalized spacial score (nSPS) is 16.4. The van der Waals surface area contributed by atoms with Crippen molar-refractivity contribution < 1.29 is 23.1 Å². The number of aliphatic hydroxyl groups excluding tert-OH is 1. The quantitative estimate of drug-likeness (QED) is 0.458. The van der Waals surface area contributed by atoms with Gasteiger partial charge in [-0.05, 0) is 19.1 Å². The summed E-state index contributed by atoms with van der Waals surface area (Å²) in [6, 6.07) is 4.77. The lowest BCUT2D eigenvalue weighted by Crippen LogP contribution is -2.48. The lowest BCUT2D eigenvalue weighted by Gasteiger charge is -2.34. The van der Waals surface area contributed by atoms with Crippen molar-refractivity contribution in [3.63, 3.8) is 0 Å². The van der Waals surface area contributed by atoms with E-state index in [9.17, 15) is 18.0 Å². The Balaban J connectivity index is 1.99. The maximum Gasteiger partial charge on any atom is 0.417 e. The molecule has 9 heteroatoms. The Morgan fingerprint density at radius 1 is 1.28 bits per heavy atom. The summed E-state index contributed by atoms with van der Waals surface area (Å²) in [7, 11) is 0. The summed E-state index contributed by atoms with van der Waals surface area (Å²) in [4.78, 5) is 19.8. The average Bonchev–Trinajstić information content (AvgIpc) is 2.69. The number of nitrogens with one attached hydrogen (secondary N) is 1. The molecular weight excluding hydrogens is 385 g/mol. The molecule has 0 bridgehead atoms. The van der Waals surface area contributed by atoms with Crippen LogP contribution < -0.4 is 0 Å². The summed E-state index contributed by atoms with van der Waals surface area (Å²) in [5, 5.41) is 16.4. The van der Waals surface area contributed by atoms with Gasteiger partial charge in [0.2, 0.25) is 0 Å². The molecule has 0 aromatic heterocycles. The van der Waals surface area contributed by atoms with Crippen LogP contribution in [0.3, 0.4) is 0 Å². The monoisotopic (exact) mass is 406 g/mol. The number of benzene rings is 1. The number of aliphatic imine (C=N–C) groups is 1. The predicted octanol–water partition coefficient (Wildman–Crippen LogP) is 2.41. The third kappa shape index (κ3) is 6.47. The highest BCUT2D eigenvalue weighted by molar-refractivity contribution is 5.96. The van der Waals surface area contributed by atoms with Crippen LogP contribution in [0.4, 0.5) is 13.2 Å². The molecule has 29 heavy (non-hydrogen) atoms. The number of carbonyl (C=O) groups excluding carboxylic acids is 1. The maximum absolute atomic E-state index is 13.1. The molecule has 1 amide bonds. The molecule has 1 fully saturated rings. The van der Waals surface area contributed by atoms with E-state index >= 15 is 0 Å². The number of hydrogen-bond acceptors (Lipinski definition) is 4. The van der Waals surface area contributed by atoms with Gasteiger partial charge < -0.3 is 20.3 Å². The molecule has 1 unspecified atom stereocenters. The van der Waals surface area contributed by atoms with Crippen LogP contribution in [-0.2, 0) is 6.18 Å². The third-order valence-corrected chi connectivity index (χ3v) is 4.09. The molecule has 2 N–H and O–H groups in total. The van der Waals surface area contributed by atoms with Gasteiger partial charge in [0, 0.05) is 38.6 Å². The van der Waals surface area contributed by atoms with Crippen LogP contribution >= 0.6 is 0 Å². The van der Waals surface area contributed by atoms with Gasteiger partial charge in [-0.15, -0.1) is 0 Å². The first kappa shape index (κ1) is 22.2. The maximum atomic E-state index is 13.1. The second kappa shape index (κ2) is 9.89. The molecule has 1 aromatic carbocycles. The van der Waals surface area contributed by atoms with Gasteiger partial charge in [0.15, 0.2) is 0 Å². The summed E-state index contributed by atoms with van der Waals surface area (Å²) in [5.41, 5.74) is -0.964. The number of piperazine rings is 1. The van der Waals surface area contributed by atoms with Crippen LogP contribution in [-0.4, -0.2) is 65.6 Å². The van der Waals surface area contributed by atoms with E-state index in [0.29, 0.717) is 18.7 Å². The molecular formula is C20H21F3N4O2. The summed E-state index contributed by atoms with van der Waals surface area (Å²) in [6.07, 6.45) is -1.48. The van der Waals surface area contributed by atoms with Crippen LogP contribution in [0, 0.1) is 17.3 Å². The SMILES string of the molecule is CC(O)C#C/C(C=N)=C/N=CN1CCN(C(=O)c2ccccc2C(F)(F)F)CC1. The number of allylic oxidation sites excluding steroid dienone is 1. The van der Waals surface area contributed by atoms with E-state index < -0.39 is 23.8 Å². The minimum Gasteiger partial charge on any atom is -0.381 e. The molecule has 1 aromatic rings. The van der Waals surface area contributed by atoms with Crippen molar-refractivity contribution in [2.24, 2.45) is 4.99 Å². The standard InChI is InChI=1S/C20H21F3N4O2/c1-15(28)6-7-16(12-24)13-25-14-26-8-10-27(11-9-26)19(29)17-4-2-3-5-18(17)20(21,22)23/h2-5,12-15,24,28H,8-11H2,1H3/b16-13-,24-12?,25-14?. The van der Waals surface area contributed by atoms with Crippen LogP contribution in [0.5, 0.6) is 0 Å². The number of halogens is 3. The number of hydrogen-bond donors (Lipinski definition) is 2. The molecule has 0 saturated carbocycles. The van der Waals surface area contributed by atoms with Crippen molar-refractivity contribution in [3.8, 4) is 11.8 Å². The van der Waals surface area contributed by atoms with E-state index in [1.54, 1.807) is 0 Å². The average molecular weight is 406 g/mol. The fraction of sp³-hybridized carbons (Fsp3) is 0.350. The van der Waals surface area contributed by atoms with E-state index in [2.05, 4.69) is 16.8 Å². The molecule has 154 valence electrons. The van der Waals surface area contributed by atoms with Gasteiger partial charge in [0.25, 0.3) is 5.91 Å². The molecule has 0 aliphatic carbocycles. The lowest BCUT2D eigenvalue weighted by atomic mass is 10.1. The van der Waals surface area contributed by atoms with Gasteiger partial charge in [-0.2, -0.15) is 13.2 Å². The van der Waals surface area contributed by atoms with Gasteiger partial charge in [-0.3, -0.25) is 4.79 Å². The number of alkyl halides is 3. The Labute approximate surface area is 166 Å². The zero-order valence-electron chi connectivity index (χ0n) is 15.8. The molecule has 6 nitrogen and oxygen atoms in total. The van der Waals surface area contributed by atoms with Crippen LogP contribution in [0.1, 0.15) is 22.8 Å². The molecule has 1 aliphatic rings. The molecule has 0 spiro atoms. The van der Waals surface area contributed by atoms with Gasteiger partial charge >= 0.3 is 6.18 Å². The first-order valence-corrected chi connectivity index (χ1v) is 8.85. The van der Waals surface area contributed by atoms with Crippen LogP contribution in [0.15, 0.2) is 41.0 Å². The Kier molecular flexibility index (Phi) is 7.56. The fourth-order valence-electron chi connectivity index (χ4n) is 2.63. The highest BCUT2D eigenvalue weighted by Gasteiger charge is 2.36. The van der Waals surface area contributed by atoms with Crippen molar-refractivity contribution in [1.82, 2.24) is 9.80 Å². The molecule has 2 rings (SSSR count). The third-order valence-electron chi connectivity index (χ3n) is 4.09. The number of aliphatic hydroxyl groups is 1. The lowest BCUT2D eigenvalue weighted by molar-refractivity contribution is -0.138. The van der Waals surface area contributed by atoms with Gasteiger partial charge in [0.1, 0.15) is 6.10 Å². The first-order valence-electron chi connectivity index (χ1n) is 8.85. The first-order chi connectivity index (χ1) is 13.7. The van der Waals surface area contributed by atoms with Crippen molar-refractivity contribution in [2.75, 3.05) is 26.2 Å². The Bertz CT molecular complexity index is 858. The topological polar surface area (TPSA) is 80.0 Å². The number of amides is 1. The molecule has 1 atom stereocenters. The largest absolute Gasteiger partial charge is 0.417 e. The summed E-state index contributed by atoms with van der Waals surface area (Å²) < 4.78 is 39.4. The predicted molar refractivity (Wildman–Crippen MR) is 104 cm³/mol. The Morgan fingerprint density at radius 3 is 2.52 bits per heavy atom. The number of nitrogens with zero attached hydrogens (tertiary/aromatic N) is 3. The summed E-state index contributed by atoms with van der Waals surface area (Å²) in [6.45, 7) is 2.86. The minimum atomic E-state index is -4.59. The second-order valence-corrected chi connectivity index (χ2v) is 6.31. The number of carbonyl (C=O) groups is 1. The zero-order valence-corrected chi connectivity index (χ0v) is 15.8. The Morgan fingerprint density at radius 2 is 1.93 bits per heavy atom. The van der Waals surface area contributed by atoms with Crippen LogP contribution in [0.25, 0.3) is 0 Å². The van der Waals surface area contributed by atoms with E-state index in [0.717, 1.165) is 12.3 Å². The van der Waals surface area contributed by atoms with Crippen molar-refractivity contribution in [2.45, 2.75) is 19.2 Å². The van der Waals surface area contributed by atoms with Gasteiger partial charge in [-0.1, -0.05) is 24.0 Å². The molecule has 0 radical (unpaired) electrons. The summed E-state index contributed by atoms with van der Waals surface area (Å²) in [5.74, 6) is 4.47. The minimum absolute atomic E-state index is 0.264. The molecule has 1 heterocycles. The Hall–Kier alpha value is -3.12. The highest BCUT2D eigenvalue weighted by Crippen LogP contribution is 2.32. The van der Waals surface area contributed by atoms with Crippen molar-refractivity contribution in [1.29, 1.82) is 5.41 Å². The van der Waals surface area contributed by atoms with Crippen molar-refractivity contribution in [3.05, 3.63) is 47.2 Å². The van der Waals surface area contributed by atoms with Gasteiger partial charge in [-0.25, -0.2) is 4.99 Å². The molecule has 1 aliphatic heterocycles. The van der Waals surface area contributed by atoms with E-state index in [1.165, 1.54) is 42.6 Å². The van der Waals surface area contributed by atoms with E-state index in [-0.39, 0.29) is 18.7 Å². The highest BCUT2D eigenvalue weighted by atomic mass is 19.4. The second-order valence-electron chi connectivity index (χ2n) is 6.31. The zero-order chi connectivity index (χ0) is 21.4. The fourth-order valence-corrected chi connectivity index (χ4v) is 2.63. The smallest absolute Gasteiger partial charge is 0.381 e. The van der Waals surface area contributed by atoms with Crippen molar-refractivity contribution >= 4 is 18.5 Å². The van der Waals surface area contributed by atoms with E-state index in [1.807, 2.05) is 4.90 Å². The number of rotatable bonds is 4. The van der Waals surface area contributed by atoms with Gasteiger partial charge in [0.05, 0.1) is 23.0 Å². The van der Waals surface area contributed by atoms with Crippen LogP contribution in [0.2, 0.25) is 0 Å². The molecule has 1 saturated heterocycles. The summed E-state index contributed by atoms with van der Waals surface area (Å²) >= 11 is 0. The van der Waals surface area contributed by atoms with E-state index in [4.69, 9.17) is 10.5 Å².